The lowest BCUT2D eigenvalue weighted by molar-refractivity contribution is -0.408. The topological polar surface area (TPSA) is 27.7 Å². The van der Waals surface area contributed by atoms with Gasteiger partial charge in [0.05, 0.1) is 19.3 Å². The number of ether oxygens (including phenoxy) is 3. The first-order valence-corrected chi connectivity index (χ1v) is 12.1. The Labute approximate surface area is 265 Å². The van der Waals surface area contributed by atoms with Gasteiger partial charge in [-0.1, -0.05) is 0 Å². The maximum absolute atomic E-state index is 14.6. The van der Waals surface area contributed by atoms with Crippen LogP contribution in [0.15, 0.2) is 0 Å². The van der Waals surface area contributed by atoms with Crippen molar-refractivity contribution in [2.24, 2.45) is 0 Å². The SMILES string of the molecule is FC1CC(F)(C(F)(F)C(F)(F)F)OC1(F)F.FCC(F)(F)C1(F)OC(F)(F)C(F)(F)C1(F)CC(F)(F)C1(F)CC(F)(F)C(F)(F)O1.FCC(F)(F)F. The number of hydrogen-bond acceptors (Lipinski definition) is 3. The summed E-state index contributed by atoms with van der Waals surface area (Å²) in [5, 5.41) is 0. The lowest BCUT2D eigenvalue weighted by Crippen LogP contribution is -2.66. The molecule has 0 spiro atoms. The average molecular weight is 850 g/mol. The van der Waals surface area contributed by atoms with Crippen molar-refractivity contribution in [3.05, 3.63) is 0 Å². The Morgan fingerprint density at radius 3 is 1.25 bits per heavy atom. The van der Waals surface area contributed by atoms with Crippen molar-refractivity contribution in [1.82, 2.24) is 0 Å². The lowest BCUT2D eigenvalue weighted by Gasteiger charge is -2.40. The molecule has 0 saturated carbocycles. The second kappa shape index (κ2) is 13.0. The minimum atomic E-state index is -7.03. The van der Waals surface area contributed by atoms with E-state index in [0.29, 0.717) is 0 Å². The van der Waals surface area contributed by atoms with Gasteiger partial charge in [-0.05, 0) is 0 Å². The van der Waals surface area contributed by atoms with Crippen LogP contribution in [0.3, 0.4) is 0 Å². The van der Waals surface area contributed by atoms with E-state index in [2.05, 4.69) is 14.2 Å². The molecule has 52 heavy (non-hydrogen) atoms. The molecular weight excluding hydrogens is 839 g/mol. The number of alkyl halides is 29. The highest BCUT2D eigenvalue weighted by atomic mass is 19.4. The first kappa shape index (κ1) is 47.9. The van der Waals surface area contributed by atoms with Gasteiger partial charge in [0.15, 0.2) is 19.5 Å². The zero-order valence-electron chi connectivity index (χ0n) is 23.3. The minimum absolute atomic E-state index is 2.23. The van der Waals surface area contributed by atoms with Gasteiger partial charge in [0, 0.05) is 0 Å². The Hall–Kier alpha value is -2.15. The molecule has 0 radical (unpaired) electrons. The number of rotatable bonds is 6. The van der Waals surface area contributed by atoms with Crippen LogP contribution >= 0.6 is 0 Å². The van der Waals surface area contributed by atoms with Crippen LogP contribution in [0.4, 0.5) is 127 Å². The highest BCUT2D eigenvalue weighted by Gasteiger charge is 2.95. The molecule has 312 valence electrons. The van der Waals surface area contributed by atoms with E-state index in [0.717, 1.165) is 0 Å². The van der Waals surface area contributed by atoms with Crippen LogP contribution in [0.1, 0.15) is 19.3 Å². The molecule has 3 aliphatic heterocycles. The van der Waals surface area contributed by atoms with Crippen molar-refractivity contribution in [1.29, 1.82) is 0 Å². The van der Waals surface area contributed by atoms with Gasteiger partial charge in [0.2, 0.25) is 0 Å². The highest BCUT2D eigenvalue weighted by molar-refractivity contribution is 5.21. The van der Waals surface area contributed by atoms with Crippen LogP contribution < -0.4 is 0 Å². The third-order valence-electron chi connectivity index (χ3n) is 6.54. The van der Waals surface area contributed by atoms with E-state index in [1.807, 2.05) is 0 Å². The smallest absolute Gasteiger partial charge is 0.274 e. The van der Waals surface area contributed by atoms with Crippen molar-refractivity contribution < 1.29 is 142 Å². The molecule has 3 saturated heterocycles. The van der Waals surface area contributed by atoms with Crippen molar-refractivity contribution in [2.45, 2.75) is 109 Å². The number of hydrogen-bond donors (Lipinski definition) is 0. The van der Waals surface area contributed by atoms with Gasteiger partial charge >= 0.3 is 66.1 Å². The summed E-state index contributed by atoms with van der Waals surface area (Å²) >= 11 is 0. The summed E-state index contributed by atoms with van der Waals surface area (Å²) in [6.45, 7) is -5.83. The first-order valence-electron chi connectivity index (χ1n) is 12.1. The summed E-state index contributed by atoms with van der Waals surface area (Å²) in [4.78, 5) is 0. The zero-order valence-corrected chi connectivity index (χ0v) is 23.3. The molecule has 0 aromatic carbocycles. The molecule has 32 heteroatoms. The van der Waals surface area contributed by atoms with E-state index >= 15 is 0 Å². The van der Waals surface area contributed by atoms with Gasteiger partial charge in [-0.15, -0.1) is 0 Å². The fraction of sp³-hybridized carbons (Fsp3) is 1.00. The van der Waals surface area contributed by atoms with E-state index in [1.165, 1.54) is 0 Å². The average Bonchev–Trinajstić information content (AvgIpc) is 3.28. The predicted octanol–water partition coefficient (Wildman–Crippen LogP) is 10.3. The minimum Gasteiger partial charge on any atom is -0.274 e. The van der Waals surface area contributed by atoms with Gasteiger partial charge in [-0.2, -0.15) is 87.8 Å². The molecule has 0 N–H and O–H groups in total. The Balaban J connectivity index is 0.000000510. The molecule has 0 aromatic rings. The Morgan fingerprint density at radius 1 is 0.538 bits per heavy atom. The summed E-state index contributed by atoms with van der Waals surface area (Å²) < 4.78 is 373. The summed E-state index contributed by atoms with van der Waals surface area (Å²) in [6, 6.07) is 0. The van der Waals surface area contributed by atoms with Crippen LogP contribution in [0, 0.1) is 0 Å². The fourth-order valence-electron chi connectivity index (χ4n) is 3.85. The van der Waals surface area contributed by atoms with Crippen molar-refractivity contribution in [2.75, 3.05) is 13.3 Å². The Morgan fingerprint density at radius 2 is 0.962 bits per heavy atom. The molecule has 3 rings (SSSR count). The maximum Gasteiger partial charge on any atom is 0.459 e. The van der Waals surface area contributed by atoms with Crippen molar-refractivity contribution in [3.8, 4) is 0 Å². The van der Waals surface area contributed by atoms with E-state index in [4.69, 9.17) is 0 Å². The highest BCUT2D eigenvalue weighted by Crippen LogP contribution is 2.68. The number of halogens is 29. The molecule has 0 aliphatic carbocycles. The van der Waals surface area contributed by atoms with Crippen LogP contribution in [-0.2, 0) is 14.2 Å². The van der Waals surface area contributed by atoms with Crippen LogP contribution in [-0.4, -0.2) is 103 Å². The molecule has 0 amide bonds. The lowest BCUT2D eigenvalue weighted by atomic mass is 9.80. The zero-order chi connectivity index (χ0) is 42.2. The molecular formula is C20H11F29O3. The Kier molecular flexibility index (Phi) is 11.9. The monoisotopic (exact) mass is 850 g/mol. The summed E-state index contributed by atoms with van der Waals surface area (Å²) in [7, 11) is 0. The third kappa shape index (κ3) is 7.69. The molecule has 3 aliphatic rings. The van der Waals surface area contributed by atoms with Crippen molar-refractivity contribution >= 4 is 0 Å². The molecule has 0 bridgehead atoms. The van der Waals surface area contributed by atoms with E-state index < -0.39 is 122 Å². The van der Waals surface area contributed by atoms with Gasteiger partial charge in [0.25, 0.3) is 17.4 Å². The molecule has 5 atom stereocenters. The quantitative estimate of drug-likeness (QED) is 0.249. The van der Waals surface area contributed by atoms with Gasteiger partial charge in [-0.3, -0.25) is 14.2 Å². The van der Waals surface area contributed by atoms with Crippen LogP contribution in [0.5, 0.6) is 0 Å². The fourth-order valence-corrected chi connectivity index (χ4v) is 3.85. The third-order valence-corrected chi connectivity index (χ3v) is 6.54. The van der Waals surface area contributed by atoms with Crippen molar-refractivity contribution in [3.63, 3.8) is 0 Å². The van der Waals surface area contributed by atoms with Crippen LogP contribution in [0.2, 0.25) is 0 Å². The van der Waals surface area contributed by atoms with Gasteiger partial charge < -0.3 is 0 Å². The molecule has 3 heterocycles. The molecule has 3 nitrogen and oxygen atoms in total. The second-order valence-corrected chi connectivity index (χ2v) is 10.4. The van der Waals surface area contributed by atoms with Crippen LogP contribution in [0.25, 0.3) is 0 Å². The summed E-state index contributed by atoms with van der Waals surface area (Å²) in [6.07, 6.45) is -42.4. The largest absolute Gasteiger partial charge is 0.459 e. The molecule has 0 aromatic heterocycles. The van der Waals surface area contributed by atoms with E-state index in [9.17, 15) is 127 Å². The van der Waals surface area contributed by atoms with E-state index in [1.54, 1.807) is 0 Å². The predicted molar refractivity (Wildman–Crippen MR) is 101 cm³/mol. The summed E-state index contributed by atoms with van der Waals surface area (Å²) in [5.74, 6) is -49.5. The molecule has 3 fully saturated rings. The summed E-state index contributed by atoms with van der Waals surface area (Å²) in [5.41, 5.74) is -6.74. The first-order chi connectivity index (χ1) is 22.3. The normalized spacial score (nSPS) is 35.4. The maximum atomic E-state index is 14.6. The molecule has 5 unspecified atom stereocenters. The van der Waals surface area contributed by atoms with Gasteiger partial charge in [0.1, 0.15) is 0 Å². The standard InChI is InChI=1S/C12H6F16O2.C6H3F9O.C2H2F4/c13-3-7(19,20)10(24)4(14,9(22,23)12(27,28)30-10)1-5(15,16)8(21)2-6(17,18)11(25,26)29-8;7-2-1-3(8,16-4(2,9)10)5(11,12)6(13,14)15;3-1-2(4,5)6/h1-3H2;2H,1H2;1H2. The van der Waals surface area contributed by atoms with Gasteiger partial charge in [-0.25, -0.2) is 39.5 Å². The van der Waals surface area contributed by atoms with E-state index in [-0.39, 0.29) is 0 Å². The second-order valence-electron chi connectivity index (χ2n) is 10.4. The Bertz CT molecular complexity index is 1240.